The highest BCUT2D eigenvalue weighted by atomic mass is 16.5. The minimum atomic E-state index is -0.501. The van der Waals surface area contributed by atoms with Crippen molar-refractivity contribution in [2.75, 3.05) is 19.7 Å². The lowest BCUT2D eigenvalue weighted by Gasteiger charge is -2.30. The van der Waals surface area contributed by atoms with E-state index < -0.39 is 6.04 Å². The standard InChI is InChI=1S/C24H32N2O3/c1-4-15-25-24(28)22(5-2)26(16-14-20-11-7-6-8-12-20)23(27)18-29-21-13-9-10-19(3)17-21/h6-13,17,22H,4-5,14-16,18H2,1-3H3,(H,25,28)/t22-/m0/s1. The summed E-state index contributed by atoms with van der Waals surface area (Å²) in [5.41, 5.74) is 2.20. The molecule has 1 N–H and O–H groups in total. The lowest BCUT2D eigenvalue weighted by molar-refractivity contribution is -0.142. The molecular formula is C24H32N2O3. The number of hydrogen-bond acceptors (Lipinski definition) is 3. The highest BCUT2D eigenvalue weighted by Crippen LogP contribution is 2.14. The fourth-order valence-electron chi connectivity index (χ4n) is 3.20. The van der Waals surface area contributed by atoms with Crippen molar-refractivity contribution in [1.82, 2.24) is 10.2 Å². The van der Waals surface area contributed by atoms with Gasteiger partial charge in [-0.3, -0.25) is 9.59 Å². The van der Waals surface area contributed by atoms with Crippen LogP contribution < -0.4 is 10.1 Å². The van der Waals surface area contributed by atoms with Crippen LogP contribution in [0.25, 0.3) is 0 Å². The fourth-order valence-corrected chi connectivity index (χ4v) is 3.20. The Labute approximate surface area is 174 Å². The maximum Gasteiger partial charge on any atom is 0.261 e. The van der Waals surface area contributed by atoms with Crippen molar-refractivity contribution in [2.45, 2.75) is 46.1 Å². The van der Waals surface area contributed by atoms with Crippen LogP contribution in [0.15, 0.2) is 54.6 Å². The molecule has 2 rings (SSSR count). The number of ether oxygens (including phenoxy) is 1. The Kier molecular flexibility index (Phi) is 9.22. The van der Waals surface area contributed by atoms with Crippen molar-refractivity contribution < 1.29 is 14.3 Å². The van der Waals surface area contributed by atoms with Crippen LogP contribution in [0.4, 0.5) is 0 Å². The number of nitrogens with zero attached hydrogens (tertiary/aromatic N) is 1. The van der Waals surface area contributed by atoms with Crippen molar-refractivity contribution in [3.05, 3.63) is 65.7 Å². The van der Waals surface area contributed by atoms with Crippen molar-refractivity contribution in [3.8, 4) is 5.75 Å². The van der Waals surface area contributed by atoms with Crippen molar-refractivity contribution >= 4 is 11.8 Å². The van der Waals surface area contributed by atoms with Gasteiger partial charge in [-0.15, -0.1) is 0 Å². The van der Waals surface area contributed by atoms with Gasteiger partial charge in [-0.1, -0.05) is 56.3 Å². The Balaban J connectivity index is 2.10. The van der Waals surface area contributed by atoms with Crippen LogP contribution in [0, 0.1) is 6.92 Å². The number of aryl methyl sites for hydroxylation is 1. The van der Waals surface area contributed by atoms with E-state index in [-0.39, 0.29) is 18.4 Å². The molecule has 5 heteroatoms. The molecule has 0 unspecified atom stereocenters. The molecule has 2 amide bonds. The predicted octanol–water partition coefficient (Wildman–Crippen LogP) is 3.75. The smallest absolute Gasteiger partial charge is 0.261 e. The highest BCUT2D eigenvalue weighted by molar-refractivity contribution is 5.88. The minimum Gasteiger partial charge on any atom is -0.484 e. The van der Waals surface area contributed by atoms with Gasteiger partial charge in [-0.05, 0) is 49.4 Å². The molecule has 5 nitrogen and oxygen atoms in total. The van der Waals surface area contributed by atoms with Gasteiger partial charge in [0.2, 0.25) is 5.91 Å². The lowest BCUT2D eigenvalue weighted by Crippen LogP contribution is -2.51. The van der Waals surface area contributed by atoms with Crippen LogP contribution >= 0.6 is 0 Å². The van der Waals surface area contributed by atoms with E-state index in [0.717, 1.165) is 17.5 Å². The maximum atomic E-state index is 13.0. The first-order chi connectivity index (χ1) is 14.0. The van der Waals surface area contributed by atoms with Gasteiger partial charge in [0.15, 0.2) is 6.61 Å². The first-order valence-electron chi connectivity index (χ1n) is 10.4. The Morgan fingerprint density at radius 3 is 2.48 bits per heavy atom. The van der Waals surface area contributed by atoms with Gasteiger partial charge in [0, 0.05) is 13.1 Å². The second kappa shape index (κ2) is 11.9. The van der Waals surface area contributed by atoms with Gasteiger partial charge in [-0.2, -0.15) is 0 Å². The zero-order chi connectivity index (χ0) is 21.1. The molecule has 0 heterocycles. The Morgan fingerprint density at radius 2 is 1.83 bits per heavy atom. The van der Waals surface area contributed by atoms with Crippen LogP contribution in [0.2, 0.25) is 0 Å². The summed E-state index contributed by atoms with van der Waals surface area (Å²) in [5.74, 6) is 0.372. The first kappa shape index (κ1) is 22.5. The quantitative estimate of drug-likeness (QED) is 0.629. The summed E-state index contributed by atoms with van der Waals surface area (Å²) in [6, 6.07) is 17.1. The lowest BCUT2D eigenvalue weighted by atomic mass is 10.1. The van der Waals surface area contributed by atoms with Crippen LogP contribution in [0.3, 0.4) is 0 Å². The van der Waals surface area contributed by atoms with E-state index in [1.165, 1.54) is 0 Å². The van der Waals surface area contributed by atoms with Crippen molar-refractivity contribution in [3.63, 3.8) is 0 Å². The van der Waals surface area contributed by atoms with Crippen LogP contribution in [-0.4, -0.2) is 42.5 Å². The van der Waals surface area contributed by atoms with E-state index in [0.29, 0.717) is 31.7 Å². The van der Waals surface area contributed by atoms with Crippen molar-refractivity contribution in [1.29, 1.82) is 0 Å². The normalized spacial score (nSPS) is 11.6. The average molecular weight is 397 g/mol. The number of amides is 2. The molecule has 0 aliphatic rings. The summed E-state index contributed by atoms with van der Waals surface area (Å²) in [6.45, 7) is 6.91. The first-order valence-corrected chi connectivity index (χ1v) is 10.4. The van der Waals surface area contributed by atoms with E-state index in [9.17, 15) is 9.59 Å². The molecule has 156 valence electrons. The van der Waals surface area contributed by atoms with Gasteiger partial charge in [0.25, 0.3) is 5.91 Å². The molecular weight excluding hydrogens is 364 g/mol. The molecule has 2 aromatic rings. The van der Waals surface area contributed by atoms with E-state index in [1.54, 1.807) is 4.90 Å². The Bertz CT molecular complexity index is 777. The minimum absolute atomic E-state index is 0.0875. The third-order valence-corrected chi connectivity index (χ3v) is 4.77. The molecule has 0 fully saturated rings. The third-order valence-electron chi connectivity index (χ3n) is 4.77. The largest absolute Gasteiger partial charge is 0.484 e. The molecule has 0 bridgehead atoms. The third kappa shape index (κ3) is 7.26. The zero-order valence-electron chi connectivity index (χ0n) is 17.7. The SMILES string of the molecule is CCCNC(=O)[C@H](CC)N(CCc1ccccc1)C(=O)COc1cccc(C)c1. The summed E-state index contributed by atoms with van der Waals surface area (Å²) in [7, 11) is 0. The van der Waals surface area contributed by atoms with Gasteiger partial charge in [-0.25, -0.2) is 0 Å². The van der Waals surface area contributed by atoms with E-state index in [4.69, 9.17) is 4.74 Å². The van der Waals surface area contributed by atoms with E-state index >= 15 is 0 Å². The maximum absolute atomic E-state index is 13.0. The van der Waals surface area contributed by atoms with Crippen LogP contribution in [-0.2, 0) is 16.0 Å². The average Bonchev–Trinajstić information content (AvgIpc) is 2.74. The molecule has 2 aromatic carbocycles. The number of hydrogen-bond donors (Lipinski definition) is 1. The Hall–Kier alpha value is -2.82. The van der Waals surface area contributed by atoms with Gasteiger partial charge in [0.05, 0.1) is 0 Å². The molecule has 0 aliphatic carbocycles. The van der Waals surface area contributed by atoms with Crippen LogP contribution in [0.1, 0.15) is 37.8 Å². The number of benzene rings is 2. The predicted molar refractivity (Wildman–Crippen MR) is 116 cm³/mol. The summed E-state index contributed by atoms with van der Waals surface area (Å²) in [6.07, 6.45) is 2.10. The van der Waals surface area contributed by atoms with E-state index in [1.807, 2.05) is 75.4 Å². The highest BCUT2D eigenvalue weighted by Gasteiger charge is 2.28. The summed E-state index contributed by atoms with van der Waals surface area (Å²) >= 11 is 0. The Morgan fingerprint density at radius 1 is 1.07 bits per heavy atom. The van der Waals surface area contributed by atoms with Crippen LogP contribution in [0.5, 0.6) is 5.75 Å². The molecule has 0 radical (unpaired) electrons. The monoisotopic (exact) mass is 396 g/mol. The molecule has 0 saturated carbocycles. The summed E-state index contributed by atoms with van der Waals surface area (Å²) < 4.78 is 5.71. The molecule has 0 aliphatic heterocycles. The van der Waals surface area contributed by atoms with Gasteiger partial charge in [0.1, 0.15) is 11.8 Å². The molecule has 0 aromatic heterocycles. The van der Waals surface area contributed by atoms with Crippen molar-refractivity contribution in [2.24, 2.45) is 0 Å². The summed E-state index contributed by atoms with van der Waals surface area (Å²) in [5, 5.41) is 2.92. The van der Waals surface area contributed by atoms with E-state index in [2.05, 4.69) is 5.32 Å². The summed E-state index contributed by atoms with van der Waals surface area (Å²) in [4.78, 5) is 27.3. The molecule has 0 spiro atoms. The number of carbonyl (C=O) groups is 2. The number of rotatable bonds is 11. The van der Waals surface area contributed by atoms with Gasteiger partial charge < -0.3 is 15.0 Å². The number of nitrogens with one attached hydrogen (secondary N) is 1. The second-order valence-electron chi connectivity index (χ2n) is 7.14. The second-order valence-corrected chi connectivity index (χ2v) is 7.14. The molecule has 0 saturated heterocycles. The van der Waals surface area contributed by atoms with Gasteiger partial charge >= 0.3 is 0 Å². The zero-order valence-corrected chi connectivity index (χ0v) is 17.7. The molecule has 29 heavy (non-hydrogen) atoms. The topological polar surface area (TPSA) is 58.6 Å². The molecule has 1 atom stereocenters. The number of carbonyl (C=O) groups excluding carboxylic acids is 2. The fraction of sp³-hybridized carbons (Fsp3) is 0.417.